The van der Waals surface area contributed by atoms with Gasteiger partial charge in [0.15, 0.2) is 0 Å². The van der Waals surface area contributed by atoms with Crippen LogP contribution in [0.15, 0.2) is 28.7 Å². The van der Waals surface area contributed by atoms with Crippen molar-refractivity contribution < 1.29 is 9.59 Å². The summed E-state index contributed by atoms with van der Waals surface area (Å²) in [5.74, 6) is 0.0129. The fourth-order valence-corrected chi connectivity index (χ4v) is 2.53. The Balaban J connectivity index is 2.43. The van der Waals surface area contributed by atoms with Crippen molar-refractivity contribution in [1.29, 1.82) is 0 Å². The molecule has 0 spiro atoms. The van der Waals surface area contributed by atoms with Crippen LogP contribution in [0.5, 0.6) is 0 Å². The number of rotatable bonds is 7. The Kier molecular flexibility index (Phi) is 7.43. The maximum atomic E-state index is 11.9. The van der Waals surface area contributed by atoms with E-state index in [1.807, 2.05) is 38.1 Å². The number of halogens is 1. The molecule has 1 aromatic carbocycles. The van der Waals surface area contributed by atoms with Crippen molar-refractivity contribution in [3.8, 4) is 0 Å². The molecule has 0 aliphatic rings. The lowest BCUT2D eigenvalue weighted by molar-refractivity contribution is -0.131. The standard InChI is InChI=1S/C16H23BrN2O2/c1-4-12(2)19(13(3)20)10-9-18-16(21)11-14-7-5-6-8-15(14)17/h5-8,12H,4,9-11H2,1-3H3,(H,18,21). The molecule has 1 rings (SSSR count). The van der Waals surface area contributed by atoms with E-state index in [1.165, 1.54) is 0 Å². The molecule has 0 aliphatic carbocycles. The van der Waals surface area contributed by atoms with Crippen molar-refractivity contribution in [3.05, 3.63) is 34.3 Å². The summed E-state index contributed by atoms with van der Waals surface area (Å²) in [6.07, 6.45) is 1.25. The van der Waals surface area contributed by atoms with Crippen molar-refractivity contribution in [1.82, 2.24) is 10.2 Å². The smallest absolute Gasteiger partial charge is 0.224 e. The van der Waals surface area contributed by atoms with Crippen LogP contribution in [0.4, 0.5) is 0 Å². The summed E-state index contributed by atoms with van der Waals surface area (Å²) in [5, 5.41) is 2.87. The average Bonchev–Trinajstić information content (AvgIpc) is 2.45. The Labute approximate surface area is 135 Å². The topological polar surface area (TPSA) is 49.4 Å². The van der Waals surface area contributed by atoms with Crippen LogP contribution in [0.1, 0.15) is 32.8 Å². The summed E-state index contributed by atoms with van der Waals surface area (Å²) in [7, 11) is 0. The number of carbonyl (C=O) groups excluding carboxylic acids is 2. The van der Waals surface area contributed by atoms with E-state index in [9.17, 15) is 9.59 Å². The lowest BCUT2D eigenvalue weighted by Crippen LogP contribution is -2.42. The highest BCUT2D eigenvalue weighted by molar-refractivity contribution is 9.10. The molecule has 4 nitrogen and oxygen atoms in total. The van der Waals surface area contributed by atoms with Crippen molar-refractivity contribution in [3.63, 3.8) is 0 Å². The first-order chi connectivity index (χ1) is 9.95. The predicted octanol–water partition coefficient (Wildman–Crippen LogP) is 2.75. The molecule has 1 aromatic rings. The third-order valence-electron chi connectivity index (χ3n) is 3.51. The molecule has 0 heterocycles. The average molecular weight is 355 g/mol. The van der Waals surface area contributed by atoms with Crippen LogP contribution >= 0.6 is 15.9 Å². The Bertz CT molecular complexity index is 491. The second-order valence-corrected chi connectivity index (χ2v) is 5.94. The summed E-state index contributed by atoms with van der Waals surface area (Å²) in [5.41, 5.74) is 0.959. The molecule has 0 radical (unpaired) electrons. The molecule has 0 saturated heterocycles. The van der Waals surface area contributed by atoms with Gasteiger partial charge in [-0.1, -0.05) is 41.1 Å². The Morgan fingerprint density at radius 2 is 2.00 bits per heavy atom. The van der Waals surface area contributed by atoms with Gasteiger partial charge < -0.3 is 10.2 Å². The third-order valence-corrected chi connectivity index (χ3v) is 4.28. The number of amides is 2. The van der Waals surface area contributed by atoms with E-state index in [-0.39, 0.29) is 17.9 Å². The number of hydrogen-bond donors (Lipinski definition) is 1. The lowest BCUT2D eigenvalue weighted by Gasteiger charge is -2.27. The number of hydrogen-bond acceptors (Lipinski definition) is 2. The Morgan fingerprint density at radius 1 is 1.33 bits per heavy atom. The number of nitrogens with zero attached hydrogens (tertiary/aromatic N) is 1. The largest absolute Gasteiger partial charge is 0.354 e. The monoisotopic (exact) mass is 354 g/mol. The molecule has 1 unspecified atom stereocenters. The van der Waals surface area contributed by atoms with E-state index in [2.05, 4.69) is 21.2 Å². The summed E-state index contributed by atoms with van der Waals surface area (Å²) in [6.45, 7) is 6.66. The van der Waals surface area contributed by atoms with E-state index < -0.39 is 0 Å². The van der Waals surface area contributed by atoms with Crippen molar-refractivity contribution in [2.45, 2.75) is 39.7 Å². The van der Waals surface area contributed by atoms with Crippen LogP contribution in [-0.4, -0.2) is 35.8 Å². The van der Waals surface area contributed by atoms with Crippen LogP contribution in [0.2, 0.25) is 0 Å². The van der Waals surface area contributed by atoms with Gasteiger partial charge in [-0.15, -0.1) is 0 Å². The van der Waals surface area contributed by atoms with Gasteiger partial charge in [-0.25, -0.2) is 0 Å². The lowest BCUT2D eigenvalue weighted by atomic mass is 10.1. The summed E-state index contributed by atoms with van der Waals surface area (Å²) in [6, 6.07) is 7.87. The van der Waals surface area contributed by atoms with E-state index >= 15 is 0 Å². The van der Waals surface area contributed by atoms with Crippen LogP contribution in [0.25, 0.3) is 0 Å². The number of carbonyl (C=O) groups is 2. The SMILES string of the molecule is CCC(C)N(CCNC(=O)Cc1ccccc1Br)C(C)=O. The van der Waals surface area contributed by atoms with Gasteiger partial charge in [0, 0.05) is 30.5 Å². The van der Waals surface area contributed by atoms with Gasteiger partial charge in [-0.3, -0.25) is 9.59 Å². The van der Waals surface area contributed by atoms with E-state index in [0.29, 0.717) is 19.5 Å². The fraction of sp³-hybridized carbons (Fsp3) is 0.500. The van der Waals surface area contributed by atoms with Crippen LogP contribution in [0.3, 0.4) is 0 Å². The number of nitrogens with one attached hydrogen (secondary N) is 1. The molecule has 0 fully saturated rings. The van der Waals surface area contributed by atoms with Crippen LogP contribution < -0.4 is 5.32 Å². The molecule has 21 heavy (non-hydrogen) atoms. The molecule has 0 aromatic heterocycles. The molecule has 0 saturated carbocycles. The quantitative estimate of drug-likeness (QED) is 0.818. The minimum Gasteiger partial charge on any atom is -0.354 e. The third kappa shape index (κ3) is 5.87. The summed E-state index contributed by atoms with van der Waals surface area (Å²) >= 11 is 3.43. The van der Waals surface area contributed by atoms with E-state index in [4.69, 9.17) is 0 Å². The van der Waals surface area contributed by atoms with E-state index in [0.717, 1.165) is 16.5 Å². The first-order valence-corrected chi connectivity index (χ1v) is 8.02. The predicted molar refractivity (Wildman–Crippen MR) is 88.0 cm³/mol. The maximum Gasteiger partial charge on any atom is 0.224 e. The first-order valence-electron chi connectivity index (χ1n) is 7.23. The van der Waals surface area contributed by atoms with Gasteiger partial charge in [-0.05, 0) is 25.0 Å². The Hall–Kier alpha value is -1.36. The zero-order chi connectivity index (χ0) is 15.8. The molecule has 0 aliphatic heterocycles. The molecule has 0 bridgehead atoms. The second-order valence-electron chi connectivity index (χ2n) is 5.09. The zero-order valence-corrected chi connectivity index (χ0v) is 14.4. The molecule has 1 N–H and O–H groups in total. The van der Waals surface area contributed by atoms with Gasteiger partial charge in [-0.2, -0.15) is 0 Å². The highest BCUT2D eigenvalue weighted by atomic mass is 79.9. The van der Waals surface area contributed by atoms with Crippen molar-refractivity contribution >= 4 is 27.7 Å². The fourth-order valence-electron chi connectivity index (χ4n) is 2.10. The van der Waals surface area contributed by atoms with Crippen molar-refractivity contribution in [2.75, 3.05) is 13.1 Å². The van der Waals surface area contributed by atoms with E-state index in [1.54, 1.807) is 11.8 Å². The highest BCUT2D eigenvalue weighted by Crippen LogP contribution is 2.16. The van der Waals surface area contributed by atoms with Crippen molar-refractivity contribution in [2.24, 2.45) is 0 Å². The molecule has 5 heteroatoms. The van der Waals surface area contributed by atoms with Gasteiger partial charge >= 0.3 is 0 Å². The van der Waals surface area contributed by atoms with Crippen LogP contribution in [-0.2, 0) is 16.0 Å². The minimum atomic E-state index is -0.0328. The van der Waals surface area contributed by atoms with Crippen LogP contribution in [0, 0.1) is 0 Å². The van der Waals surface area contributed by atoms with Gasteiger partial charge in [0.25, 0.3) is 0 Å². The molecular weight excluding hydrogens is 332 g/mol. The molecular formula is C16H23BrN2O2. The summed E-state index contributed by atoms with van der Waals surface area (Å²) < 4.78 is 0.935. The maximum absolute atomic E-state index is 11.9. The molecule has 116 valence electrons. The molecule has 1 atom stereocenters. The highest BCUT2D eigenvalue weighted by Gasteiger charge is 2.15. The number of benzene rings is 1. The van der Waals surface area contributed by atoms with Gasteiger partial charge in [0.1, 0.15) is 0 Å². The zero-order valence-electron chi connectivity index (χ0n) is 12.9. The van der Waals surface area contributed by atoms with Gasteiger partial charge in [0.05, 0.1) is 6.42 Å². The minimum absolute atomic E-state index is 0.0328. The normalized spacial score (nSPS) is 11.8. The molecule has 2 amide bonds. The second kappa shape index (κ2) is 8.82. The summed E-state index contributed by atoms with van der Waals surface area (Å²) in [4.78, 5) is 25.3. The first kappa shape index (κ1) is 17.7. The Morgan fingerprint density at radius 3 is 2.57 bits per heavy atom. The van der Waals surface area contributed by atoms with Gasteiger partial charge in [0.2, 0.25) is 11.8 Å².